The molecule has 1 aliphatic heterocycles. The van der Waals surface area contributed by atoms with Gasteiger partial charge in [0.2, 0.25) is 0 Å². The number of amides is 1. The van der Waals surface area contributed by atoms with E-state index in [1.165, 1.54) is 11.2 Å². The second kappa shape index (κ2) is 6.10. The number of hydrogen-bond acceptors (Lipinski definition) is 3. The van der Waals surface area contributed by atoms with Crippen molar-refractivity contribution < 1.29 is 9.53 Å². The van der Waals surface area contributed by atoms with Crippen LogP contribution in [0.4, 0.5) is 0 Å². The number of hydrogen-bond donors (Lipinski definition) is 0. The van der Waals surface area contributed by atoms with Gasteiger partial charge in [-0.15, -0.1) is 0 Å². The molecule has 2 aliphatic rings. The van der Waals surface area contributed by atoms with Gasteiger partial charge in [0.05, 0.1) is 11.8 Å². The molecule has 0 N–H and O–H groups in total. The summed E-state index contributed by atoms with van der Waals surface area (Å²) in [4.78, 5) is 18.0. The van der Waals surface area contributed by atoms with Crippen LogP contribution in [-0.4, -0.2) is 15.8 Å². The van der Waals surface area contributed by atoms with Gasteiger partial charge in [-0.1, -0.05) is 18.2 Å². The van der Waals surface area contributed by atoms with Crippen LogP contribution in [0, 0.1) is 0 Å². The monoisotopic (exact) mass is 344 g/mol. The molecule has 0 saturated carbocycles. The van der Waals surface area contributed by atoms with Crippen LogP contribution in [0.1, 0.15) is 23.2 Å². The topological polar surface area (TPSA) is 42.4 Å². The van der Waals surface area contributed by atoms with Gasteiger partial charge in [-0.3, -0.25) is 14.7 Å². The molecule has 1 aromatic rings. The van der Waals surface area contributed by atoms with E-state index in [0.29, 0.717) is 15.8 Å². The van der Waals surface area contributed by atoms with Gasteiger partial charge in [0.15, 0.2) is 0 Å². The Hall–Kier alpha value is -2.14. The van der Waals surface area contributed by atoms with Crippen molar-refractivity contribution in [1.82, 2.24) is 9.88 Å². The molecule has 2 heterocycles. The van der Waals surface area contributed by atoms with E-state index < -0.39 is 0 Å². The first-order chi connectivity index (χ1) is 10.3. The van der Waals surface area contributed by atoms with Crippen LogP contribution in [0.3, 0.4) is 0 Å². The van der Waals surface area contributed by atoms with Crippen LogP contribution < -0.4 is 0 Å². The summed E-state index contributed by atoms with van der Waals surface area (Å²) in [6.07, 6.45) is 16.1. The second-order valence-corrected chi connectivity index (χ2v) is 5.48. The van der Waals surface area contributed by atoms with Crippen molar-refractivity contribution in [1.29, 1.82) is 0 Å². The fourth-order valence-electron chi connectivity index (χ4n) is 2.15. The Morgan fingerprint density at radius 2 is 2.33 bits per heavy atom. The number of rotatable bonds is 2. The maximum absolute atomic E-state index is 12.5. The van der Waals surface area contributed by atoms with E-state index in [0.717, 1.165) is 18.4 Å². The van der Waals surface area contributed by atoms with Crippen LogP contribution in [0.5, 0.6) is 0 Å². The molecule has 0 fully saturated rings. The predicted molar refractivity (Wildman–Crippen MR) is 82.9 cm³/mol. The number of allylic oxidation sites excluding steroid dienone is 4. The second-order valence-electron chi connectivity index (χ2n) is 4.62. The zero-order chi connectivity index (χ0) is 14.7. The summed E-state index contributed by atoms with van der Waals surface area (Å²) >= 11 is 3.35. The molecule has 1 aromatic heterocycles. The van der Waals surface area contributed by atoms with E-state index in [-0.39, 0.29) is 5.91 Å². The summed E-state index contributed by atoms with van der Waals surface area (Å²) < 4.78 is 6.20. The molecule has 0 saturated heterocycles. The highest BCUT2D eigenvalue weighted by Gasteiger charge is 2.19. The minimum absolute atomic E-state index is 0.131. The molecule has 1 amide bonds. The van der Waals surface area contributed by atoms with Gasteiger partial charge >= 0.3 is 0 Å². The van der Waals surface area contributed by atoms with Gasteiger partial charge in [-0.25, -0.2) is 0 Å². The Kier molecular flexibility index (Phi) is 4.01. The highest BCUT2D eigenvalue weighted by molar-refractivity contribution is 9.10. The van der Waals surface area contributed by atoms with E-state index in [1.807, 2.05) is 12.2 Å². The van der Waals surface area contributed by atoms with Crippen LogP contribution >= 0.6 is 15.9 Å². The van der Waals surface area contributed by atoms with E-state index in [2.05, 4.69) is 27.0 Å². The number of carbonyl (C=O) groups excluding carboxylic acids is 1. The largest absolute Gasteiger partial charge is 0.462 e. The summed E-state index contributed by atoms with van der Waals surface area (Å²) in [7, 11) is 0. The zero-order valence-electron chi connectivity index (χ0n) is 11.2. The molecule has 4 nitrogen and oxygen atoms in total. The first-order valence-corrected chi connectivity index (χ1v) is 7.38. The standard InChI is InChI=1S/C16H13BrN2O2/c17-14-10-18-7-6-13(14)16(20)19-8-9-21-15(11-19)12-4-2-1-3-5-12/h1-2,4,6-11H,3,5H2. The number of carbonyl (C=O) groups is 1. The average Bonchev–Trinajstić information content (AvgIpc) is 2.56. The smallest absolute Gasteiger partial charge is 0.263 e. The predicted octanol–water partition coefficient (Wildman–Crippen LogP) is 3.91. The highest BCUT2D eigenvalue weighted by atomic mass is 79.9. The Labute approximate surface area is 131 Å². The Bertz CT molecular complexity index is 689. The maximum Gasteiger partial charge on any atom is 0.263 e. The summed E-state index contributed by atoms with van der Waals surface area (Å²) in [6, 6.07) is 1.69. The van der Waals surface area contributed by atoms with Gasteiger partial charge in [0.25, 0.3) is 5.91 Å². The summed E-state index contributed by atoms with van der Waals surface area (Å²) in [5, 5.41) is 0. The third kappa shape index (κ3) is 2.97. The lowest BCUT2D eigenvalue weighted by molar-refractivity contribution is 0.0854. The van der Waals surface area contributed by atoms with Crippen LogP contribution in [0.25, 0.3) is 0 Å². The van der Waals surface area contributed by atoms with Crippen molar-refractivity contribution in [2.45, 2.75) is 12.8 Å². The molecule has 0 bridgehead atoms. The minimum Gasteiger partial charge on any atom is -0.462 e. The molecular weight excluding hydrogens is 332 g/mol. The van der Waals surface area contributed by atoms with E-state index in [4.69, 9.17) is 4.74 Å². The highest BCUT2D eigenvalue weighted by Crippen LogP contribution is 2.26. The molecule has 5 heteroatoms. The lowest BCUT2D eigenvalue weighted by Gasteiger charge is -2.22. The van der Waals surface area contributed by atoms with Crippen molar-refractivity contribution >= 4 is 21.8 Å². The molecule has 0 unspecified atom stereocenters. The summed E-state index contributed by atoms with van der Waals surface area (Å²) in [6.45, 7) is 0. The number of pyridine rings is 1. The summed E-state index contributed by atoms with van der Waals surface area (Å²) in [5.74, 6) is 0.577. The Morgan fingerprint density at radius 3 is 3.10 bits per heavy atom. The van der Waals surface area contributed by atoms with Gasteiger partial charge in [-0.05, 0) is 40.4 Å². The first-order valence-electron chi connectivity index (χ1n) is 6.59. The molecule has 0 aromatic carbocycles. The fraction of sp³-hybridized carbons (Fsp3) is 0.125. The van der Waals surface area contributed by atoms with Crippen molar-refractivity contribution in [3.63, 3.8) is 0 Å². The fourth-order valence-corrected chi connectivity index (χ4v) is 2.57. The van der Waals surface area contributed by atoms with Gasteiger partial charge in [0, 0.05) is 23.1 Å². The van der Waals surface area contributed by atoms with Crippen LogP contribution in [0.2, 0.25) is 0 Å². The van der Waals surface area contributed by atoms with Crippen molar-refractivity contribution in [3.8, 4) is 0 Å². The Balaban J connectivity index is 1.87. The lowest BCUT2D eigenvalue weighted by atomic mass is 10.0. The van der Waals surface area contributed by atoms with Crippen molar-refractivity contribution in [2.75, 3.05) is 0 Å². The minimum atomic E-state index is -0.131. The third-order valence-electron chi connectivity index (χ3n) is 3.24. The molecule has 1 aliphatic carbocycles. The number of ether oxygens (including phenoxy) is 1. The van der Waals surface area contributed by atoms with Gasteiger partial charge in [0.1, 0.15) is 12.0 Å². The number of halogens is 1. The normalized spacial score (nSPS) is 17.1. The molecule has 0 spiro atoms. The maximum atomic E-state index is 12.5. The van der Waals surface area contributed by atoms with Crippen LogP contribution in [-0.2, 0) is 4.74 Å². The number of aromatic nitrogens is 1. The van der Waals surface area contributed by atoms with Gasteiger partial charge < -0.3 is 4.74 Å². The Morgan fingerprint density at radius 1 is 1.43 bits per heavy atom. The molecule has 0 atom stereocenters. The molecular formula is C16H13BrN2O2. The summed E-state index contributed by atoms with van der Waals surface area (Å²) in [5.41, 5.74) is 1.65. The lowest BCUT2D eigenvalue weighted by Crippen LogP contribution is -2.23. The number of nitrogens with zero attached hydrogens (tertiary/aromatic N) is 2. The van der Waals surface area contributed by atoms with Crippen molar-refractivity contribution in [3.05, 3.63) is 76.7 Å². The molecule has 106 valence electrons. The molecule has 21 heavy (non-hydrogen) atoms. The zero-order valence-corrected chi connectivity index (χ0v) is 12.8. The van der Waals surface area contributed by atoms with Crippen molar-refractivity contribution in [2.24, 2.45) is 0 Å². The molecule has 3 rings (SSSR count). The quantitative estimate of drug-likeness (QED) is 0.816. The van der Waals surface area contributed by atoms with Crippen LogP contribution in [0.15, 0.2) is 71.2 Å². The first kappa shape index (κ1) is 13.8. The van der Waals surface area contributed by atoms with E-state index in [1.54, 1.807) is 30.9 Å². The SMILES string of the molecule is O=C(c1ccncc1Br)N1C=COC(C2=CC=CCC2)=C1. The van der Waals surface area contributed by atoms with Gasteiger partial charge in [-0.2, -0.15) is 0 Å². The third-order valence-corrected chi connectivity index (χ3v) is 3.87. The molecule has 0 radical (unpaired) electrons. The van der Waals surface area contributed by atoms with E-state index >= 15 is 0 Å². The van der Waals surface area contributed by atoms with E-state index in [9.17, 15) is 4.79 Å². The average molecular weight is 345 g/mol.